The van der Waals surface area contributed by atoms with E-state index in [0.29, 0.717) is 36.8 Å². The monoisotopic (exact) mass is 472 g/mol. The van der Waals surface area contributed by atoms with Crippen molar-refractivity contribution in [2.75, 3.05) is 26.2 Å². The second-order valence-electron chi connectivity index (χ2n) is 8.20. The van der Waals surface area contributed by atoms with Crippen molar-refractivity contribution in [2.24, 2.45) is 0 Å². The van der Waals surface area contributed by atoms with Gasteiger partial charge in [0.15, 0.2) is 11.6 Å². The van der Waals surface area contributed by atoms with Gasteiger partial charge < -0.3 is 9.80 Å². The van der Waals surface area contributed by atoms with Crippen LogP contribution >= 0.6 is 11.6 Å². The van der Waals surface area contributed by atoms with Crippen LogP contribution in [-0.4, -0.2) is 57.6 Å². The Morgan fingerprint density at radius 2 is 1.52 bits per heavy atom. The molecule has 0 bridgehead atoms. The Morgan fingerprint density at radius 1 is 0.909 bits per heavy atom. The third kappa shape index (κ3) is 4.61. The molecule has 33 heavy (non-hydrogen) atoms. The second kappa shape index (κ2) is 9.31. The predicted octanol–water partition coefficient (Wildman–Crippen LogP) is 4.53. The van der Waals surface area contributed by atoms with Crippen molar-refractivity contribution < 1.29 is 18.4 Å². The number of carbonyl (C=O) groups excluding carboxylic acids is 2. The largest absolute Gasteiger partial charge is 0.335 e. The molecule has 0 spiro atoms. The lowest BCUT2D eigenvalue weighted by Gasteiger charge is -2.35. The summed E-state index contributed by atoms with van der Waals surface area (Å²) in [6, 6.07) is 10.3. The highest BCUT2D eigenvalue weighted by molar-refractivity contribution is 6.30. The fourth-order valence-corrected chi connectivity index (χ4v) is 4.09. The number of aromatic nitrogens is 2. The van der Waals surface area contributed by atoms with Crippen LogP contribution in [-0.2, 0) is 0 Å². The smallest absolute Gasteiger partial charge is 0.257 e. The molecule has 2 aromatic carbocycles. The van der Waals surface area contributed by atoms with E-state index in [0.717, 1.165) is 23.5 Å². The quantitative estimate of drug-likeness (QED) is 0.560. The zero-order chi connectivity index (χ0) is 23.7. The van der Waals surface area contributed by atoms with Crippen LogP contribution in [0, 0.1) is 11.6 Å². The van der Waals surface area contributed by atoms with Crippen molar-refractivity contribution in [1.82, 2.24) is 19.6 Å². The van der Waals surface area contributed by atoms with Gasteiger partial charge in [0.25, 0.3) is 11.8 Å². The average Bonchev–Trinajstić information content (AvgIpc) is 3.26. The second-order valence-corrected chi connectivity index (χ2v) is 8.64. The summed E-state index contributed by atoms with van der Waals surface area (Å²) in [6.45, 7) is 5.25. The van der Waals surface area contributed by atoms with Gasteiger partial charge in [-0.3, -0.25) is 9.59 Å². The summed E-state index contributed by atoms with van der Waals surface area (Å²) in [4.78, 5) is 29.2. The average molecular weight is 473 g/mol. The van der Waals surface area contributed by atoms with Crippen LogP contribution in [0.4, 0.5) is 8.78 Å². The number of nitrogens with zero attached hydrogens (tertiary/aromatic N) is 4. The molecule has 0 N–H and O–H groups in total. The Kier molecular flexibility index (Phi) is 6.47. The lowest BCUT2D eigenvalue weighted by atomic mass is 10.0. The zero-order valence-electron chi connectivity index (χ0n) is 18.3. The normalized spacial score (nSPS) is 14.1. The van der Waals surface area contributed by atoms with Gasteiger partial charge in [-0.25, -0.2) is 13.5 Å². The highest BCUT2D eigenvalue weighted by atomic mass is 35.5. The minimum Gasteiger partial charge on any atom is -0.335 e. The number of hydrogen-bond donors (Lipinski definition) is 0. The van der Waals surface area contributed by atoms with Crippen LogP contribution in [0.3, 0.4) is 0 Å². The molecule has 0 unspecified atom stereocenters. The number of rotatable bonds is 4. The Labute approximate surface area is 195 Å². The molecule has 0 saturated carbocycles. The molecular formula is C24H23ClF2N4O2. The maximum atomic E-state index is 13.5. The summed E-state index contributed by atoms with van der Waals surface area (Å²) < 4.78 is 28.4. The van der Waals surface area contributed by atoms with Crippen LogP contribution in [0.5, 0.6) is 0 Å². The molecule has 1 aliphatic heterocycles. The first-order chi connectivity index (χ1) is 15.8. The fraction of sp³-hybridized carbons (Fsp3) is 0.292. The summed E-state index contributed by atoms with van der Waals surface area (Å²) in [6.07, 6.45) is 1.57. The number of amides is 2. The molecule has 0 atom stereocenters. The Morgan fingerprint density at radius 3 is 2.09 bits per heavy atom. The summed E-state index contributed by atoms with van der Waals surface area (Å²) in [5.74, 6) is -2.56. The van der Waals surface area contributed by atoms with E-state index in [1.165, 1.54) is 11.0 Å². The zero-order valence-corrected chi connectivity index (χ0v) is 19.0. The van der Waals surface area contributed by atoms with Gasteiger partial charge in [0.2, 0.25) is 0 Å². The molecule has 1 fully saturated rings. The van der Waals surface area contributed by atoms with E-state index in [9.17, 15) is 18.4 Å². The van der Waals surface area contributed by atoms with E-state index in [-0.39, 0.29) is 23.3 Å². The molecule has 6 nitrogen and oxygen atoms in total. The maximum absolute atomic E-state index is 13.5. The molecule has 1 aromatic heterocycles. The topological polar surface area (TPSA) is 58.4 Å². The van der Waals surface area contributed by atoms with Crippen molar-refractivity contribution in [3.05, 3.63) is 82.1 Å². The minimum atomic E-state index is -1.06. The van der Waals surface area contributed by atoms with Gasteiger partial charge in [-0.1, -0.05) is 25.4 Å². The Hall–Kier alpha value is -3.26. The number of hydrogen-bond acceptors (Lipinski definition) is 3. The molecule has 2 amide bonds. The highest BCUT2D eigenvalue weighted by Gasteiger charge is 2.29. The van der Waals surface area contributed by atoms with E-state index >= 15 is 0 Å². The number of halogens is 3. The first-order valence-corrected chi connectivity index (χ1v) is 11.0. The summed E-state index contributed by atoms with van der Waals surface area (Å²) in [5, 5.41) is 5.06. The Bertz CT molecular complexity index is 1190. The van der Waals surface area contributed by atoms with E-state index in [1.807, 2.05) is 26.0 Å². The van der Waals surface area contributed by atoms with Crippen molar-refractivity contribution in [3.8, 4) is 5.69 Å². The maximum Gasteiger partial charge on any atom is 0.257 e. The molecule has 4 rings (SSSR count). The summed E-state index contributed by atoms with van der Waals surface area (Å²) >= 11 is 5.99. The van der Waals surface area contributed by atoms with E-state index in [4.69, 9.17) is 11.6 Å². The molecular weight excluding hydrogens is 450 g/mol. The number of benzene rings is 2. The summed E-state index contributed by atoms with van der Waals surface area (Å²) in [5.41, 5.74) is 2.20. The standard InChI is InChI=1S/C24H23ClF2N4O2/c1-15(2)22-19(14-28-31(22)18-6-4-17(25)5-7-18)24(33)30-11-9-29(10-12-30)23(32)16-3-8-20(26)21(27)13-16/h3-8,13-15H,9-12H2,1-2H3. The van der Waals surface area contributed by atoms with E-state index < -0.39 is 11.6 Å². The SMILES string of the molecule is CC(C)c1c(C(=O)N2CCN(C(=O)c3ccc(F)c(F)c3)CC2)cnn1-c1ccc(Cl)cc1. The molecule has 1 aliphatic rings. The number of piperazine rings is 1. The lowest BCUT2D eigenvalue weighted by molar-refractivity contribution is 0.0534. The van der Waals surface area contributed by atoms with Gasteiger partial charge in [-0.2, -0.15) is 5.10 Å². The van der Waals surface area contributed by atoms with Gasteiger partial charge >= 0.3 is 0 Å². The third-order valence-electron chi connectivity index (χ3n) is 5.68. The molecule has 0 aliphatic carbocycles. The fourth-order valence-electron chi connectivity index (χ4n) is 3.96. The van der Waals surface area contributed by atoms with Gasteiger partial charge in [-0.05, 0) is 48.4 Å². The number of carbonyl (C=O) groups is 2. The van der Waals surface area contributed by atoms with Gasteiger partial charge in [0.1, 0.15) is 0 Å². The van der Waals surface area contributed by atoms with E-state index in [2.05, 4.69) is 5.10 Å². The first-order valence-electron chi connectivity index (χ1n) is 10.6. The van der Waals surface area contributed by atoms with Crippen LogP contribution in [0.2, 0.25) is 5.02 Å². The van der Waals surface area contributed by atoms with Crippen molar-refractivity contribution >= 4 is 23.4 Å². The first kappa shape index (κ1) is 22.9. The van der Waals surface area contributed by atoms with Crippen LogP contribution in [0.25, 0.3) is 5.69 Å². The predicted molar refractivity (Wildman–Crippen MR) is 121 cm³/mol. The highest BCUT2D eigenvalue weighted by Crippen LogP contribution is 2.25. The van der Waals surface area contributed by atoms with Crippen LogP contribution in [0.15, 0.2) is 48.7 Å². The minimum absolute atomic E-state index is 0.0402. The molecule has 2 heterocycles. The lowest BCUT2D eigenvalue weighted by Crippen LogP contribution is -2.50. The molecule has 0 radical (unpaired) electrons. The summed E-state index contributed by atoms with van der Waals surface area (Å²) in [7, 11) is 0. The van der Waals surface area contributed by atoms with Crippen molar-refractivity contribution in [1.29, 1.82) is 0 Å². The van der Waals surface area contributed by atoms with Gasteiger partial charge in [0, 0.05) is 36.8 Å². The van der Waals surface area contributed by atoms with Crippen molar-refractivity contribution in [3.63, 3.8) is 0 Å². The van der Waals surface area contributed by atoms with E-state index in [1.54, 1.807) is 27.9 Å². The molecule has 9 heteroatoms. The third-order valence-corrected chi connectivity index (χ3v) is 5.93. The van der Waals surface area contributed by atoms with Crippen molar-refractivity contribution in [2.45, 2.75) is 19.8 Å². The molecule has 172 valence electrons. The van der Waals surface area contributed by atoms with Gasteiger partial charge in [-0.15, -0.1) is 0 Å². The Balaban J connectivity index is 1.49. The van der Waals surface area contributed by atoms with Crippen LogP contribution < -0.4 is 0 Å². The molecule has 3 aromatic rings. The molecule has 1 saturated heterocycles. The van der Waals surface area contributed by atoms with Crippen LogP contribution in [0.1, 0.15) is 46.2 Å². The van der Waals surface area contributed by atoms with Gasteiger partial charge in [0.05, 0.1) is 23.1 Å².